The van der Waals surface area contributed by atoms with Crippen molar-refractivity contribution in [2.24, 2.45) is 5.73 Å². The minimum atomic E-state index is -1.07. The van der Waals surface area contributed by atoms with Gasteiger partial charge in [0, 0.05) is 6.42 Å². The number of carbonyl (C=O) groups is 3. The SMILES string of the molecule is CC(N)OC(=O)CCCCCCCCNC1COc2ccccc2N(CC(=O)O)C1=O. The smallest absolute Gasteiger partial charge is 0.323 e. The number of nitrogens with two attached hydrogens (primary N) is 1. The Hall–Kier alpha value is -2.65. The molecule has 0 fully saturated rings. The van der Waals surface area contributed by atoms with E-state index in [-0.39, 0.29) is 18.5 Å². The Bertz CT molecular complexity index is 740. The van der Waals surface area contributed by atoms with Gasteiger partial charge in [0.05, 0.1) is 5.69 Å². The number of amides is 1. The Morgan fingerprint density at radius 3 is 2.61 bits per heavy atom. The molecule has 0 bridgehead atoms. The van der Waals surface area contributed by atoms with Gasteiger partial charge in [0.1, 0.15) is 31.2 Å². The number of ether oxygens (including phenoxy) is 2. The number of benzene rings is 1. The predicted octanol–water partition coefficient (Wildman–Crippen LogP) is 2.03. The molecule has 2 rings (SSSR count). The monoisotopic (exact) mass is 435 g/mol. The lowest BCUT2D eigenvalue weighted by Crippen LogP contribution is -2.50. The minimum Gasteiger partial charge on any atom is -0.489 e. The summed E-state index contributed by atoms with van der Waals surface area (Å²) in [7, 11) is 0. The summed E-state index contributed by atoms with van der Waals surface area (Å²) in [6.45, 7) is 2.01. The molecule has 0 radical (unpaired) electrons. The fourth-order valence-electron chi connectivity index (χ4n) is 3.44. The minimum absolute atomic E-state index is 0.156. The van der Waals surface area contributed by atoms with Gasteiger partial charge in [-0.2, -0.15) is 0 Å². The number of rotatable bonds is 13. The first kappa shape index (κ1) is 24.6. The number of fused-ring (bicyclic) bond motifs is 1. The third-order valence-corrected chi connectivity index (χ3v) is 4.93. The third kappa shape index (κ3) is 8.55. The van der Waals surface area contributed by atoms with E-state index in [1.54, 1.807) is 31.2 Å². The number of anilines is 1. The van der Waals surface area contributed by atoms with Crippen molar-refractivity contribution in [2.75, 3.05) is 24.6 Å². The Morgan fingerprint density at radius 2 is 1.90 bits per heavy atom. The number of aliphatic carboxylic acids is 1. The van der Waals surface area contributed by atoms with Crippen molar-refractivity contribution in [2.45, 2.75) is 64.1 Å². The highest BCUT2D eigenvalue weighted by Gasteiger charge is 2.32. The van der Waals surface area contributed by atoms with Gasteiger partial charge in [-0.15, -0.1) is 0 Å². The molecule has 9 heteroatoms. The average molecular weight is 436 g/mol. The van der Waals surface area contributed by atoms with E-state index in [1.165, 1.54) is 4.90 Å². The second-order valence-corrected chi connectivity index (χ2v) is 7.67. The molecule has 31 heavy (non-hydrogen) atoms. The number of carboxylic acids is 1. The molecular formula is C22H33N3O6. The lowest BCUT2D eigenvalue weighted by Gasteiger charge is -2.23. The number of nitrogens with zero attached hydrogens (tertiary/aromatic N) is 1. The summed E-state index contributed by atoms with van der Waals surface area (Å²) in [6, 6.07) is 6.37. The van der Waals surface area contributed by atoms with Crippen LogP contribution in [0.2, 0.25) is 0 Å². The van der Waals surface area contributed by atoms with E-state index in [9.17, 15) is 19.5 Å². The highest BCUT2D eigenvalue weighted by Crippen LogP contribution is 2.30. The van der Waals surface area contributed by atoms with E-state index in [2.05, 4.69) is 5.32 Å². The zero-order chi connectivity index (χ0) is 22.6. The van der Waals surface area contributed by atoms with E-state index in [0.29, 0.717) is 24.4 Å². The van der Waals surface area contributed by atoms with E-state index in [0.717, 1.165) is 38.5 Å². The van der Waals surface area contributed by atoms with Crippen molar-refractivity contribution in [3.63, 3.8) is 0 Å². The van der Waals surface area contributed by atoms with Gasteiger partial charge in [-0.3, -0.25) is 25.0 Å². The van der Waals surface area contributed by atoms with Crippen molar-refractivity contribution in [1.82, 2.24) is 5.32 Å². The molecule has 0 spiro atoms. The molecule has 1 aromatic carbocycles. The second kappa shape index (κ2) is 12.9. The highest BCUT2D eigenvalue weighted by atomic mass is 16.6. The van der Waals surface area contributed by atoms with Crippen LogP contribution in [-0.4, -0.2) is 54.9 Å². The average Bonchev–Trinajstić information content (AvgIpc) is 2.83. The van der Waals surface area contributed by atoms with Gasteiger partial charge in [-0.05, 0) is 38.4 Å². The summed E-state index contributed by atoms with van der Waals surface area (Å²) in [5.41, 5.74) is 5.88. The van der Waals surface area contributed by atoms with E-state index >= 15 is 0 Å². The largest absolute Gasteiger partial charge is 0.489 e. The van der Waals surface area contributed by atoms with Gasteiger partial charge in [0.2, 0.25) is 5.91 Å². The molecule has 0 aromatic heterocycles. The number of para-hydroxylation sites is 2. The van der Waals surface area contributed by atoms with Crippen LogP contribution in [0.25, 0.3) is 0 Å². The molecule has 1 amide bonds. The van der Waals surface area contributed by atoms with Crippen LogP contribution >= 0.6 is 0 Å². The number of nitrogens with one attached hydrogen (secondary N) is 1. The Labute approximate surface area is 182 Å². The maximum Gasteiger partial charge on any atom is 0.323 e. The van der Waals surface area contributed by atoms with Crippen LogP contribution in [0.15, 0.2) is 24.3 Å². The van der Waals surface area contributed by atoms with E-state index < -0.39 is 24.8 Å². The van der Waals surface area contributed by atoms with Crippen molar-refractivity contribution in [3.8, 4) is 5.75 Å². The van der Waals surface area contributed by atoms with Gasteiger partial charge >= 0.3 is 11.9 Å². The van der Waals surface area contributed by atoms with Crippen molar-refractivity contribution < 1.29 is 29.0 Å². The molecule has 1 aliphatic rings. The van der Waals surface area contributed by atoms with Crippen LogP contribution in [0.1, 0.15) is 51.9 Å². The molecule has 1 heterocycles. The first-order valence-corrected chi connectivity index (χ1v) is 10.8. The van der Waals surface area contributed by atoms with Crippen LogP contribution in [0, 0.1) is 0 Å². The van der Waals surface area contributed by atoms with Crippen LogP contribution in [0.3, 0.4) is 0 Å². The number of esters is 1. The lowest BCUT2D eigenvalue weighted by molar-refractivity contribution is -0.148. The maximum absolute atomic E-state index is 12.9. The summed E-state index contributed by atoms with van der Waals surface area (Å²) >= 11 is 0. The number of unbranched alkanes of at least 4 members (excludes halogenated alkanes) is 5. The van der Waals surface area contributed by atoms with Crippen molar-refractivity contribution in [3.05, 3.63) is 24.3 Å². The van der Waals surface area contributed by atoms with Crippen molar-refractivity contribution >= 4 is 23.5 Å². The first-order chi connectivity index (χ1) is 14.9. The fraction of sp³-hybridized carbons (Fsp3) is 0.591. The molecule has 0 aliphatic carbocycles. The number of hydrogen-bond acceptors (Lipinski definition) is 7. The summed E-state index contributed by atoms with van der Waals surface area (Å²) in [5.74, 6) is -1.12. The molecular weight excluding hydrogens is 402 g/mol. The Morgan fingerprint density at radius 1 is 1.23 bits per heavy atom. The van der Waals surface area contributed by atoms with Crippen LogP contribution in [-0.2, 0) is 19.1 Å². The van der Waals surface area contributed by atoms with Crippen LogP contribution in [0.4, 0.5) is 5.69 Å². The molecule has 0 saturated carbocycles. The molecule has 172 valence electrons. The van der Waals surface area contributed by atoms with E-state index in [1.807, 2.05) is 0 Å². The summed E-state index contributed by atoms with van der Waals surface area (Å²) in [5, 5.41) is 12.4. The van der Waals surface area contributed by atoms with Crippen molar-refractivity contribution in [1.29, 1.82) is 0 Å². The maximum atomic E-state index is 12.9. The number of hydrogen-bond donors (Lipinski definition) is 3. The fourth-order valence-corrected chi connectivity index (χ4v) is 3.44. The van der Waals surface area contributed by atoms with Gasteiger partial charge in [0.15, 0.2) is 0 Å². The van der Waals surface area contributed by atoms with Gasteiger partial charge in [-0.1, -0.05) is 37.8 Å². The zero-order valence-corrected chi connectivity index (χ0v) is 18.0. The standard InChI is InChI=1S/C22H33N3O6/c1-16(23)31-21(28)12-6-4-2-3-5-9-13-24-17-15-30-19-11-8-7-10-18(19)25(22(17)29)14-20(26)27/h7-8,10-11,16-17,24H,2-6,9,12-15,23H2,1H3,(H,26,27). The molecule has 2 unspecified atom stereocenters. The van der Waals surface area contributed by atoms with E-state index in [4.69, 9.17) is 15.2 Å². The molecule has 1 aromatic rings. The summed E-state index contributed by atoms with van der Waals surface area (Å²) in [6.07, 6.45) is 5.53. The highest BCUT2D eigenvalue weighted by molar-refractivity contribution is 6.02. The number of carbonyl (C=O) groups excluding carboxylic acids is 2. The summed E-state index contributed by atoms with van der Waals surface area (Å²) < 4.78 is 10.6. The first-order valence-electron chi connectivity index (χ1n) is 10.8. The zero-order valence-electron chi connectivity index (χ0n) is 18.0. The summed E-state index contributed by atoms with van der Waals surface area (Å²) in [4.78, 5) is 36.8. The number of carboxylic acid groups (broad SMARTS) is 1. The van der Waals surface area contributed by atoms with Gasteiger partial charge in [0.25, 0.3) is 0 Å². The topological polar surface area (TPSA) is 131 Å². The Kier molecular flexibility index (Phi) is 10.3. The lowest BCUT2D eigenvalue weighted by atomic mass is 10.1. The van der Waals surface area contributed by atoms with Gasteiger partial charge < -0.3 is 19.9 Å². The van der Waals surface area contributed by atoms with Crippen LogP contribution < -0.4 is 20.7 Å². The second-order valence-electron chi connectivity index (χ2n) is 7.67. The predicted molar refractivity (Wildman–Crippen MR) is 116 cm³/mol. The molecule has 9 nitrogen and oxygen atoms in total. The molecule has 2 atom stereocenters. The van der Waals surface area contributed by atoms with Gasteiger partial charge in [-0.25, -0.2) is 0 Å². The normalized spacial score (nSPS) is 16.8. The Balaban J connectivity index is 1.67. The molecule has 1 aliphatic heterocycles. The molecule has 0 saturated heterocycles. The quantitative estimate of drug-likeness (QED) is 0.244. The van der Waals surface area contributed by atoms with Crippen LogP contribution in [0.5, 0.6) is 5.75 Å². The molecule has 4 N–H and O–H groups in total. The third-order valence-electron chi connectivity index (χ3n) is 4.93.